The highest BCUT2D eigenvalue weighted by atomic mass is 16.3. The maximum absolute atomic E-state index is 11.6. The number of aromatic hydroxyl groups is 2. The van der Waals surface area contributed by atoms with Crippen LogP contribution < -0.4 is 0 Å². The van der Waals surface area contributed by atoms with Gasteiger partial charge in [0, 0.05) is 5.41 Å². The van der Waals surface area contributed by atoms with Crippen molar-refractivity contribution in [3.05, 3.63) is 93.0 Å². The van der Waals surface area contributed by atoms with E-state index in [2.05, 4.69) is 132 Å². The first-order valence-electron chi connectivity index (χ1n) is 14.5. The summed E-state index contributed by atoms with van der Waals surface area (Å²) in [6.07, 6.45) is 1.94. The Balaban J connectivity index is 2.22. The molecule has 1 aliphatic rings. The quantitative estimate of drug-likeness (QED) is 0.349. The average molecular weight is 527 g/mol. The van der Waals surface area contributed by atoms with Crippen LogP contribution in [0.5, 0.6) is 11.5 Å². The highest BCUT2D eigenvalue weighted by Crippen LogP contribution is 2.54. The lowest BCUT2D eigenvalue weighted by Gasteiger charge is -2.38. The molecule has 2 N–H and O–H groups in total. The number of fused-ring (bicyclic) bond motifs is 1. The molecule has 3 aromatic rings. The third-order valence-electron chi connectivity index (χ3n) is 8.68. The van der Waals surface area contributed by atoms with Gasteiger partial charge in [0.2, 0.25) is 0 Å². The first-order valence-corrected chi connectivity index (χ1v) is 14.5. The molecule has 0 amide bonds. The fourth-order valence-electron chi connectivity index (χ4n) is 6.43. The summed E-state index contributed by atoms with van der Waals surface area (Å²) >= 11 is 0. The number of phenols is 2. The zero-order valence-electron chi connectivity index (χ0n) is 26.4. The lowest BCUT2D eigenvalue weighted by molar-refractivity contribution is 0.420. The molecular weight excluding hydrogens is 476 g/mol. The van der Waals surface area contributed by atoms with Gasteiger partial charge in [-0.3, -0.25) is 0 Å². The van der Waals surface area contributed by atoms with Crippen molar-refractivity contribution in [3.8, 4) is 11.5 Å². The minimum absolute atomic E-state index is 0.221. The maximum Gasteiger partial charge on any atom is 0.123 e. The molecule has 0 aromatic heterocycles. The van der Waals surface area contributed by atoms with E-state index >= 15 is 0 Å². The van der Waals surface area contributed by atoms with Gasteiger partial charge in [0.05, 0.1) is 0 Å². The first kappa shape index (κ1) is 29.2. The van der Waals surface area contributed by atoms with Crippen LogP contribution >= 0.6 is 0 Å². The van der Waals surface area contributed by atoms with E-state index in [1.165, 1.54) is 22.3 Å². The number of benzene rings is 3. The number of rotatable bonds is 2. The third-order valence-corrected chi connectivity index (χ3v) is 8.68. The van der Waals surface area contributed by atoms with Gasteiger partial charge in [0.1, 0.15) is 11.5 Å². The Kier molecular flexibility index (Phi) is 6.86. The first-order chi connectivity index (χ1) is 17.7. The molecule has 0 heterocycles. The Morgan fingerprint density at radius 1 is 0.538 bits per heavy atom. The average Bonchev–Trinajstić information content (AvgIpc) is 3.17. The lowest BCUT2D eigenvalue weighted by atomic mass is 9.65. The summed E-state index contributed by atoms with van der Waals surface area (Å²) in [6, 6.07) is 17.9. The van der Waals surface area contributed by atoms with Crippen molar-refractivity contribution in [1.82, 2.24) is 0 Å². The molecule has 4 rings (SSSR count). The Morgan fingerprint density at radius 3 is 1.21 bits per heavy atom. The predicted octanol–water partition coefficient (Wildman–Crippen LogP) is 9.57. The van der Waals surface area contributed by atoms with Gasteiger partial charge in [-0.15, -0.1) is 0 Å². The molecule has 0 spiro atoms. The molecule has 210 valence electrons. The molecule has 0 aliphatic heterocycles. The molecule has 3 aromatic carbocycles. The van der Waals surface area contributed by atoms with Crippen LogP contribution in [0.4, 0.5) is 0 Å². The summed E-state index contributed by atoms with van der Waals surface area (Å²) < 4.78 is 0. The topological polar surface area (TPSA) is 40.5 Å². The van der Waals surface area contributed by atoms with Gasteiger partial charge in [0.25, 0.3) is 0 Å². The van der Waals surface area contributed by atoms with E-state index < -0.39 is 5.41 Å². The van der Waals surface area contributed by atoms with Crippen LogP contribution in [0.25, 0.3) is 0 Å². The molecule has 0 atom stereocenters. The summed E-state index contributed by atoms with van der Waals surface area (Å²) in [4.78, 5) is 0. The normalized spacial score (nSPS) is 15.9. The Morgan fingerprint density at radius 2 is 0.872 bits per heavy atom. The van der Waals surface area contributed by atoms with Crippen LogP contribution in [0, 0.1) is 0 Å². The molecule has 39 heavy (non-hydrogen) atoms. The molecule has 0 unspecified atom stereocenters. The molecule has 0 saturated carbocycles. The zero-order chi connectivity index (χ0) is 29.3. The fourth-order valence-corrected chi connectivity index (χ4v) is 6.43. The minimum atomic E-state index is -0.391. The SMILES string of the molecule is CC(C)(C)c1cc(C2(c3cc(C(C)(C)C)c(O)c(C(C)(C)C)c3)CCc3ccccc32)cc(C(C)(C)C)c1O. The number of phenolic OH excluding ortho intramolecular Hbond substituents is 2. The van der Waals surface area contributed by atoms with Crippen molar-refractivity contribution in [2.75, 3.05) is 0 Å². The van der Waals surface area contributed by atoms with Crippen molar-refractivity contribution in [1.29, 1.82) is 0 Å². The minimum Gasteiger partial charge on any atom is -0.507 e. The summed E-state index contributed by atoms with van der Waals surface area (Å²) in [7, 11) is 0. The van der Waals surface area contributed by atoms with Gasteiger partial charge >= 0.3 is 0 Å². The van der Waals surface area contributed by atoms with Gasteiger partial charge < -0.3 is 10.2 Å². The monoisotopic (exact) mass is 526 g/mol. The summed E-state index contributed by atoms with van der Waals surface area (Å²) in [6.45, 7) is 26.2. The number of hydrogen-bond acceptors (Lipinski definition) is 2. The second-order valence-electron chi connectivity index (χ2n) is 15.9. The molecule has 0 radical (unpaired) electrons. The van der Waals surface area contributed by atoms with Crippen molar-refractivity contribution in [3.63, 3.8) is 0 Å². The summed E-state index contributed by atoms with van der Waals surface area (Å²) in [5, 5.41) is 23.2. The van der Waals surface area contributed by atoms with Crippen molar-refractivity contribution in [2.45, 2.75) is 123 Å². The van der Waals surface area contributed by atoms with Crippen LogP contribution in [0.3, 0.4) is 0 Å². The van der Waals surface area contributed by atoms with Crippen molar-refractivity contribution < 1.29 is 10.2 Å². The number of aryl methyl sites for hydroxylation is 1. The molecule has 2 nitrogen and oxygen atoms in total. The van der Waals surface area contributed by atoms with E-state index in [1.807, 2.05) is 0 Å². The molecule has 2 heteroatoms. The molecule has 1 aliphatic carbocycles. The lowest BCUT2D eigenvalue weighted by Crippen LogP contribution is -2.30. The van der Waals surface area contributed by atoms with Gasteiger partial charge in [-0.1, -0.05) is 132 Å². The van der Waals surface area contributed by atoms with Gasteiger partial charge in [-0.05, 0) is 79.0 Å². The van der Waals surface area contributed by atoms with Crippen LogP contribution in [-0.2, 0) is 33.5 Å². The molecule has 0 bridgehead atoms. The summed E-state index contributed by atoms with van der Waals surface area (Å²) in [5.74, 6) is 0.827. The largest absolute Gasteiger partial charge is 0.507 e. The second-order valence-corrected chi connectivity index (χ2v) is 15.9. The Labute approximate surface area is 237 Å². The van der Waals surface area contributed by atoms with E-state index in [-0.39, 0.29) is 21.7 Å². The van der Waals surface area contributed by atoms with E-state index in [9.17, 15) is 10.2 Å². The van der Waals surface area contributed by atoms with Crippen LogP contribution in [0.15, 0.2) is 48.5 Å². The van der Waals surface area contributed by atoms with E-state index in [1.54, 1.807) is 0 Å². The predicted molar refractivity (Wildman–Crippen MR) is 166 cm³/mol. The van der Waals surface area contributed by atoms with Crippen LogP contribution in [0.1, 0.15) is 134 Å². The van der Waals surface area contributed by atoms with Gasteiger partial charge in [-0.25, -0.2) is 0 Å². The van der Waals surface area contributed by atoms with E-state index in [4.69, 9.17) is 0 Å². The fraction of sp³-hybridized carbons (Fsp3) is 0.514. The highest BCUT2D eigenvalue weighted by Gasteiger charge is 2.45. The second kappa shape index (κ2) is 9.15. The van der Waals surface area contributed by atoms with Crippen molar-refractivity contribution in [2.24, 2.45) is 0 Å². The van der Waals surface area contributed by atoms with Gasteiger partial charge in [-0.2, -0.15) is 0 Å². The van der Waals surface area contributed by atoms with Crippen LogP contribution in [0.2, 0.25) is 0 Å². The molecular formula is C37H50O2. The highest BCUT2D eigenvalue weighted by molar-refractivity contribution is 5.63. The smallest absolute Gasteiger partial charge is 0.123 e. The molecule has 0 saturated heterocycles. The van der Waals surface area contributed by atoms with Crippen molar-refractivity contribution >= 4 is 0 Å². The van der Waals surface area contributed by atoms with Crippen LogP contribution in [-0.4, -0.2) is 10.2 Å². The van der Waals surface area contributed by atoms with Gasteiger partial charge in [0.15, 0.2) is 0 Å². The Hall–Kier alpha value is -2.74. The summed E-state index contributed by atoms with van der Waals surface area (Å²) in [5.41, 5.74) is 7.84. The standard InChI is InChI=1S/C37H50O2/c1-33(2,3)27-19-24(20-28(31(27)38)34(4,5)6)37(18-17-23-15-13-14-16-26(23)37)25-21-29(35(7,8)9)32(39)30(22-25)36(10,11)12/h13-16,19-22,38-39H,17-18H2,1-12H3. The molecule has 0 fully saturated rings. The number of hydrogen-bond donors (Lipinski definition) is 2. The van der Waals surface area contributed by atoms with E-state index in [0.29, 0.717) is 11.5 Å². The maximum atomic E-state index is 11.6. The zero-order valence-corrected chi connectivity index (χ0v) is 26.4. The third kappa shape index (κ3) is 5.01. The Bertz CT molecular complexity index is 1240. The van der Waals surface area contributed by atoms with E-state index in [0.717, 1.165) is 35.1 Å².